The van der Waals surface area contributed by atoms with Crippen molar-refractivity contribution in [3.05, 3.63) is 35.4 Å². The van der Waals surface area contributed by atoms with Crippen molar-refractivity contribution in [1.82, 2.24) is 0 Å². The zero-order chi connectivity index (χ0) is 13.4. The van der Waals surface area contributed by atoms with Gasteiger partial charge in [0.15, 0.2) is 0 Å². The van der Waals surface area contributed by atoms with Gasteiger partial charge in [0.1, 0.15) is 11.5 Å². The lowest BCUT2D eigenvalue weighted by Crippen LogP contribution is -2.03. The third-order valence-electron chi connectivity index (χ3n) is 2.58. The van der Waals surface area contributed by atoms with Crippen molar-refractivity contribution in [3.8, 4) is 11.5 Å². The van der Waals surface area contributed by atoms with E-state index in [0.29, 0.717) is 0 Å². The molecule has 18 heavy (non-hydrogen) atoms. The molecule has 2 aromatic rings. The monoisotopic (exact) mass is 248 g/mol. The van der Waals surface area contributed by atoms with Crippen LogP contribution in [0.25, 0.3) is 10.8 Å². The maximum absolute atomic E-state index is 11.0. The van der Waals surface area contributed by atoms with Crippen LogP contribution in [-0.2, 0) is 0 Å². The molecule has 0 spiro atoms. The van der Waals surface area contributed by atoms with Crippen LogP contribution in [0.5, 0.6) is 11.5 Å². The Labute approximate surface area is 100 Å². The smallest absolute Gasteiger partial charge is 0.336 e. The van der Waals surface area contributed by atoms with Crippen LogP contribution in [0.1, 0.15) is 20.7 Å². The SMILES string of the molecule is O=C(O)c1ccc(C(=O)O)c2c(O)ccc(O)c12. The second-order valence-electron chi connectivity index (χ2n) is 3.62. The lowest BCUT2D eigenvalue weighted by molar-refractivity contribution is 0.0684. The Hall–Kier alpha value is -2.76. The molecule has 0 fully saturated rings. The Morgan fingerprint density at radius 1 is 0.722 bits per heavy atom. The molecule has 0 heterocycles. The summed E-state index contributed by atoms with van der Waals surface area (Å²) in [4.78, 5) is 22.0. The second kappa shape index (κ2) is 3.92. The predicted molar refractivity (Wildman–Crippen MR) is 61.2 cm³/mol. The summed E-state index contributed by atoms with van der Waals surface area (Å²) in [6.45, 7) is 0. The molecule has 6 heteroatoms. The molecular weight excluding hydrogens is 240 g/mol. The van der Waals surface area contributed by atoms with Gasteiger partial charge in [-0.1, -0.05) is 0 Å². The van der Waals surface area contributed by atoms with E-state index in [0.717, 1.165) is 24.3 Å². The van der Waals surface area contributed by atoms with Crippen molar-refractivity contribution in [2.45, 2.75) is 0 Å². The highest BCUT2D eigenvalue weighted by atomic mass is 16.4. The molecule has 0 amide bonds. The van der Waals surface area contributed by atoms with Crippen LogP contribution in [0.15, 0.2) is 24.3 Å². The molecule has 0 aliphatic heterocycles. The number of phenols is 2. The summed E-state index contributed by atoms with van der Waals surface area (Å²) in [5.41, 5.74) is -0.549. The minimum Gasteiger partial charge on any atom is -0.507 e. The number of benzene rings is 2. The Bertz CT molecular complexity index is 615. The summed E-state index contributed by atoms with van der Waals surface area (Å²) in [5.74, 6) is -3.44. The van der Waals surface area contributed by atoms with Gasteiger partial charge < -0.3 is 20.4 Å². The number of carboxylic acid groups (broad SMARTS) is 2. The third kappa shape index (κ3) is 1.60. The molecule has 6 nitrogen and oxygen atoms in total. The number of phenolic OH excluding ortho intramolecular Hbond substituents is 2. The number of rotatable bonds is 2. The van der Waals surface area contributed by atoms with E-state index >= 15 is 0 Å². The molecule has 2 rings (SSSR count). The summed E-state index contributed by atoms with van der Waals surface area (Å²) in [6.07, 6.45) is 0. The van der Waals surface area contributed by atoms with Crippen molar-refractivity contribution in [2.24, 2.45) is 0 Å². The van der Waals surface area contributed by atoms with E-state index in [1.807, 2.05) is 0 Å². The average Bonchev–Trinajstić information content (AvgIpc) is 2.32. The Morgan fingerprint density at radius 2 is 1.06 bits per heavy atom. The number of carboxylic acids is 2. The Balaban J connectivity index is 3.05. The van der Waals surface area contributed by atoms with Crippen LogP contribution >= 0.6 is 0 Å². The number of hydrogen-bond donors (Lipinski definition) is 4. The van der Waals surface area contributed by atoms with Crippen molar-refractivity contribution in [2.75, 3.05) is 0 Å². The van der Waals surface area contributed by atoms with Crippen LogP contribution in [-0.4, -0.2) is 32.4 Å². The van der Waals surface area contributed by atoms with Crippen LogP contribution < -0.4 is 0 Å². The second-order valence-corrected chi connectivity index (χ2v) is 3.62. The molecule has 0 bridgehead atoms. The van der Waals surface area contributed by atoms with Crippen molar-refractivity contribution in [1.29, 1.82) is 0 Å². The summed E-state index contributed by atoms with van der Waals surface area (Å²) < 4.78 is 0. The van der Waals surface area contributed by atoms with Gasteiger partial charge in [0, 0.05) is 10.8 Å². The lowest BCUT2D eigenvalue weighted by Gasteiger charge is -2.09. The highest BCUT2D eigenvalue weighted by Crippen LogP contribution is 2.36. The quantitative estimate of drug-likeness (QED) is 0.600. The summed E-state index contributed by atoms with van der Waals surface area (Å²) in [6, 6.07) is 4.37. The zero-order valence-corrected chi connectivity index (χ0v) is 8.91. The fourth-order valence-electron chi connectivity index (χ4n) is 1.82. The van der Waals surface area contributed by atoms with Crippen LogP contribution in [0.2, 0.25) is 0 Å². The summed E-state index contributed by atoms with van der Waals surface area (Å²) in [7, 11) is 0. The summed E-state index contributed by atoms with van der Waals surface area (Å²) in [5, 5.41) is 36.9. The maximum atomic E-state index is 11.0. The molecule has 0 aliphatic rings. The van der Waals surface area contributed by atoms with Gasteiger partial charge in [-0.2, -0.15) is 0 Å². The van der Waals surface area contributed by atoms with E-state index in [9.17, 15) is 19.8 Å². The van der Waals surface area contributed by atoms with Crippen LogP contribution in [0.3, 0.4) is 0 Å². The molecule has 0 aromatic heterocycles. The van der Waals surface area contributed by atoms with Crippen molar-refractivity contribution >= 4 is 22.7 Å². The van der Waals surface area contributed by atoms with E-state index in [1.165, 1.54) is 0 Å². The fourth-order valence-corrected chi connectivity index (χ4v) is 1.82. The lowest BCUT2D eigenvalue weighted by atomic mass is 9.98. The van der Waals surface area contributed by atoms with Gasteiger partial charge in [-0.3, -0.25) is 0 Å². The number of aromatic hydroxyl groups is 2. The Morgan fingerprint density at radius 3 is 1.33 bits per heavy atom. The van der Waals surface area contributed by atoms with Gasteiger partial charge in [-0.05, 0) is 24.3 Å². The number of fused-ring (bicyclic) bond motifs is 1. The van der Waals surface area contributed by atoms with Crippen LogP contribution in [0, 0.1) is 0 Å². The molecule has 0 atom stereocenters. The number of hydrogen-bond acceptors (Lipinski definition) is 4. The first-order valence-electron chi connectivity index (χ1n) is 4.87. The van der Waals surface area contributed by atoms with E-state index in [1.54, 1.807) is 0 Å². The normalized spacial score (nSPS) is 10.4. The molecule has 92 valence electrons. The van der Waals surface area contributed by atoms with E-state index < -0.39 is 23.4 Å². The molecule has 0 saturated heterocycles. The number of carbonyl (C=O) groups is 2. The van der Waals surface area contributed by atoms with Crippen LogP contribution in [0.4, 0.5) is 0 Å². The van der Waals surface area contributed by atoms with Gasteiger partial charge >= 0.3 is 11.9 Å². The van der Waals surface area contributed by atoms with Gasteiger partial charge in [-0.15, -0.1) is 0 Å². The molecule has 2 aromatic carbocycles. The molecule has 0 aliphatic carbocycles. The van der Waals surface area contributed by atoms with Gasteiger partial charge in [0.25, 0.3) is 0 Å². The van der Waals surface area contributed by atoms with E-state index in [-0.39, 0.29) is 21.9 Å². The molecule has 0 unspecified atom stereocenters. The topological polar surface area (TPSA) is 115 Å². The molecule has 0 radical (unpaired) electrons. The minimum atomic E-state index is -1.32. The van der Waals surface area contributed by atoms with Crippen molar-refractivity contribution in [3.63, 3.8) is 0 Å². The molecular formula is C12H8O6. The minimum absolute atomic E-state index is 0.192. The molecule has 0 saturated carbocycles. The first-order chi connectivity index (χ1) is 8.43. The van der Waals surface area contributed by atoms with Crippen molar-refractivity contribution < 1.29 is 30.0 Å². The average molecular weight is 248 g/mol. The maximum Gasteiger partial charge on any atom is 0.336 e. The fraction of sp³-hybridized carbons (Fsp3) is 0. The first-order valence-corrected chi connectivity index (χ1v) is 4.87. The Kier molecular flexibility index (Phi) is 2.55. The number of aromatic carboxylic acids is 2. The first kappa shape index (κ1) is 11.7. The van der Waals surface area contributed by atoms with Gasteiger partial charge in [0.2, 0.25) is 0 Å². The largest absolute Gasteiger partial charge is 0.507 e. The predicted octanol–water partition coefficient (Wildman–Crippen LogP) is 1.65. The van der Waals surface area contributed by atoms with Gasteiger partial charge in [0.05, 0.1) is 11.1 Å². The van der Waals surface area contributed by atoms with Gasteiger partial charge in [-0.25, -0.2) is 9.59 Å². The zero-order valence-electron chi connectivity index (χ0n) is 8.91. The van der Waals surface area contributed by atoms with E-state index in [2.05, 4.69) is 0 Å². The third-order valence-corrected chi connectivity index (χ3v) is 2.58. The standard InChI is InChI=1S/C12H8O6/c13-7-3-4-8(14)10-6(12(17)18)2-1-5(9(7)10)11(15)16/h1-4,13-14H,(H,15,16)(H,17,18). The highest BCUT2D eigenvalue weighted by Gasteiger charge is 2.20. The highest BCUT2D eigenvalue weighted by molar-refractivity contribution is 6.14. The van der Waals surface area contributed by atoms with E-state index in [4.69, 9.17) is 10.2 Å². The molecule has 4 N–H and O–H groups in total. The summed E-state index contributed by atoms with van der Waals surface area (Å²) >= 11 is 0.